The molecule has 0 saturated carbocycles. The van der Waals surface area contributed by atoms with Gasteiger partial charge in [0.2, 0.25) is 11.8 Å². The van der Waals surface area contributed by atoms with Crippen LogP contribution in [-0.4, -0.2) is 55.7 Å². The second-order valence-corrected chi connectivity index (χ2v) is 6.10. The minimum atomic E-state index is -0.0283. The van der Waals surface area contributed by atoms with E-state index in [2.05, 4.69) is 6.92 Å². The fourth-order valence-corrected chi connectivity index (χ4v) is 3.13. The molecule has 1 fully saturated rings. The summed E-state index contributed by atoms with van der Waals surface area (Å²) in [5.41, 5.74) is 0.790. The molecule has 1 atom stereocenters. The summed E-state index contributed by atoms with van der Waals surface area (Å²) in [6.07, 6.45) is 1.48. The van der Waals surface area contributed by atoms with Crippen molar-refractivity contribution in [1.29, 1.82) is 0 Å². The third kappa shape index (κ3) is 3.70. The van der Waals surface area contributed by atoms with Gasteiger partial charge in [-0.25, -0.2) is 0 Å². The Morgan fingerprint density at radius 2 is 1.92 bits per heavy atom. The van der Waals surface area contributed by atoms with Gasteiger partial charge in [0.1, 0.15) is 12.4 Å². The molecule has 130 valence electrons. The first-order valence-electron chi connectivity index (χ1n) is 8.60. The molecular formula is C18H24N2O4. The van der Waals surface area contributed by atoms with Crippen molar-refractivity contribution in [3.05, 3.63) is 24.3 Å². The van der Waals surface area contributed by atoms with Gasteiger partial charge < -0.3 is 19.3 Å². The van der Waals surface area contributed by atoms with Crippen LogP contribution in [0.25, 0.3) is 0 Å². The van der Waals surface area contributed by atoms with Crippen molar-refractivity contribution in [2.24, 2.45) is 0 Å². The van der Waals surface area contributed by atoms with Crippen molar-refractivity contribution in [2.75, 3.05) is 37.7 Å². The van der Waals surface area contributed by atoms with Crippen molar-refractivity contribution < 1.29 is 19.1 Å². The summed E-state index contributed by atoms with van der Waals surface area (Å²) in [6, 6.07) is 7.51. The van der Waals surface area contributed by atoms with E-state index in [1.807, 2.05) is 29.2 Å². The lowest BCUT2D eigenvalue weighted by atomic mass is 10.1. The zero-order valence-corrected chi connectivity index (χ0v) is 14.1. The lowest BCUT2D eigenvalue weighted by Gasteiger charge is -2.33. The van der Waals surface area contributed by atoms with Gasteiger partial charge in [-0.15, -0.1) is 0 Å². The summed E-state index contributed by atoms with van der Waals surface area (Å²) in [5, 5.41) is 0. The molecule has 1 aromatic rings. The van der Waals surface area contributed by atoms with Crippen LogP contribution in [0.3, 0.4) is 0 Å². The molecule has 0 N–H and O–H groups in total. The van der Waals surface area contributed by atoms with Crippen LogP contribution in [0.1, 0.15) is 26.2 Å². The van der Waals surface area contributed by atoms with Crippen LogP contribution in [0.5, 0.6) is 5.75 Å². The molecule has 0 unspecified atom stereocenters. The minimum absolute atomic E-state index is 0.0283. The van der Waals surface area contributed by atoms with Gasteiger partial charge in [0.15, 0.2) is 0 Å². The van der Waals surface area contributed by atoms with Gasteiger partial charge in [-0.2, -0.15) is 0 Å². The van der Waals surface area contributed by atoms with Crippen LogP contribution in [0.2, 0.25) is 0 Å². The van der Waals surface area contributed by atoms with Crippen molar-refractivity contribution in [3.8, 4) is 5.75 Å². The van der Waals surface area contributed by atoms with Gasteiger partial charge >= 0.3 is 0 Å². The number of rotatable bonds is 4. The number of fused-ring (bicyclic) bond motifs is 1. The van der Waals surface area contributed by atoms with Gasteiger partial charge in [-0.3, -0.25) is 9.59 Å². The summed E-state index contributed by atoms with van der Waals surface area (Å²) in [6.45, 7) is 4.89. The summed E-state index contributed by atoms with van der Waals surface area (Å²) in [4.78, 5) is 28.5. The van der Waals surface area contributed by atoms with E-state index in [1.54, 1.807) is 4.90 Å². The number of para-hydroxylation sites is 2. The first kappa shape index (κ1) is 16.8. The van der Waals surface area contributed by atoms with Crippen LogP contribution >= 0.6 is 0 Å². The summed E-state index contributed by atoms with van der Waals surface area (Å²) < 4.78 is 11.2. The second kappa shape index (κ2) is 7.66. The van der Waals surface area contributed by atoms with Gasteiger partial charge in [0.25, 0.3) is 0 Å². The number of ether oxygens (including phenoxy) is 2. The molecule has 1 saturated heterocycles. The molecule has 0 radical (unpaired) electrons. The molecule has 24 heavy (non-hydrogen) atoms. The zero-order chi connectivity index (χ0) is 16.9. The highest BCUT2D eigenvalue weighted by atomic mass is 16.5. The average Bonchev–Trinajstić information content (AvgIpc) is 2.65. The molecule has 0 spiro atoms. The third-order valence-corrected chi connectivity index (χ3v) is 4.53. The number of benzene rings is 1. The molecule has 0 aliphatic carbocycles. The molecule has 2 aliphatic rings. The molecule has 6 heteroatoms. The lowest BCUT2D eigenvalue weighted by molar-refractivity contribution is -0.140. The van der Waals surface area contributed by atoms with Crippen LogP contribution in [0.4, 0.5) is 5.69 Å². The Balaban J connectivity index is 1.55. The number of anilines is 1. The Morgan fingerprint density at radius 1 is 1.12 bits per heavy atom. The smallest absolute Gasteiger partial charge is 0.227 e. The minimum Gasteiger partial charge on any atom is -0.490 e. The van der Waals surface area contributed by atoms with Crippen LogP contribution < -0.4 is 9.64 Å². The fraction of sp³-hybridized carbons (Fsp3) is 0.556. The van der Waals surface area contributed by atoms with E-state index in [9.17, 15) is 9.59 Å². The fourth-order valence-electron chi connectivity index (χ4n) is 3.13. The van der Waals surface area contributed by atoms with Crippen molar-refractivity contribution in [1.82, 2.24) is 4.90 Å². The lowest BCUT2D eigenvalue weighted by Crippen LogP contribution is -2.45. The Kier molecular flexibility index (Phi) is 5.35. The first-order chi connectivity index (χ1) is 11.7. The molecule has 0 bridgehead atoms. The van der Waals surface area contributed by atoms with Gasteiger partial charge in [0.05, 0.1) is 24.9 Å². The maximum absolute atomic E-state index is 12.5. The van der Waals surface area contributed by atoms with E-state index in [-0.39, 0.29) is 30.8 Å². The third-order valence-electron chi connectivity index (χ3n) is 4.53. The Bertz CT molecular complexity index is 604. The normalized spacial score (nSPS) is 20.3. The second-order valence-electron chi connectivity index (χ2n) is 6.10. The summed E-state index contributed by atoms with van der Waals surface area (Å²) in [7, 11) is 0. The van der Waals surface area contributed by atoms with E-state index in [0.29, 0.717) is 32.8 Å². The maximum Gasteiger partial charge on any atom is 0.227 e. The Labute approximate surface area is 142 Å². The number of nitrogens with zero attached hydrogens (tertiary/aromatic N) is 2. The topological polar surface area (TPSA) is 59.1 Å². The van der Waals surface area contributed by atoms with E-state index in [1.165, 1.54) is 0 Å². The molecule has 1 aromatic carbocycles. The maximum atomic E-state index is 12.5. The number of carbonyl (C=O) groups excluding carboxylic acids is 2. The Hall–Kier alpha value is -2.08. The molecule has 3 rings (SSSR count). The Morgan fingerprint density at radius 3 is 2.75 bits per heavy atom. The standard InChI is InChI=1S/C18H24N2O4/c1-2-14-13-19(9-11-23-14)17(21)7-8-18(22)20-10-12-24-16-6-4-3-5-15(16)20/h3-6,14H,2,7-13H2,1H3/t14-/m0/s1. The molecule has 6 nitrogen and oxygen atoms in total. The first-order valence-corrected chi connectivity index (χ1v) is 8.60. The number of amides is 2. The molecule has 2 amide bonds. The number of hydrogen-bond acceptors (Lipinski definition) is 4. The molecule has 2 heterocycles. The number of carbonyl (C=O) groups is 2. The molecule has 2 aliphatic heterocycles. The monoisotopic (exact) mass is 332 g/mol. The van der Waals surface area contributed by atoms with Crippen LogP contribution in [0, 0.1) is 0 Å². The van der Waals surface area contributed by atoms with Crippen molar-refractivity contribution in [2.45, 2.75) is 32.3 Å². The van der Waals surface area contributed by atoms with E-state index in [0.717, 1.165) is 17.9 Å². The summed E-state index contributed by atoms with van der Waals surface area (Å²) >= 11 is 0. The van der Waals surface area contributed by atoms with Gasteiger partial charge in [0, 0.05) is 25.9 Å². The largest absolute Gasteiger partial charge is 0.490 e. The van der Waals surface area contributed by atoms with Crippen molar-refractivity contribution in [3.63, 3.8) is 0 Å². The SMILES string of the molecule is CC[C@H]1CN(C(=O)CCC(=O)N2CCOc3ccccc32)CCO1. The number of hydrogen-bond donors (Lipinski definition) is 0. The number of morpholine rings is 1. The highest BCUT2D eigenvalue weighted by molar-refractivity contribution is 5.97. The highest BCUT2D eigenvalue weighted by Crippen LogP contribution is 2.31. The molecular weight excluding hydrogens is 308 g/mol. The van der Waals surface area contributed by atoms with Crippen LogP contribution in [-0.2, 0) is 14.3 Å². The predicted octanol–water partition coefficient (Wildman–Crippen LogP) is 1.83. The van der Waals surface area contributed by atoms with E-state index in [4.69, 9.17) is 9.47 Å². The molecule has 0 aromatic heterocycles. The zero-order valence-electron chi connectivity index (χ0n) is 14.1. The predicted molar refractivity (Wildman–Crippen MR) is 90.1 cm³/mol. The van der Waals surface area contributed by atoms with Gasteiger partial charge in [-0.1, -0.05) is 19.1 Å². The van der Waals surface area contributed by atoms with E-state index >= 15 is 0 Å². The van der Waals surface area contributed by atoms with Gasteiger partial charge in [-0.05, 0) is 18.6 Å². The van der Waals surface area contributed by atoms with Crippen molar-refractivity contribution >= 4 is 17.5 Å². The average molecular weight is 332 g/mol. The van der Waals surface area contributed by atoms with E-state index < -0.39 is 0 Å². The van der Waals surface area contributed by atoms with Crippen LogP contribution in [0.15, 0.2) is 24.3 Å². The quantitative estimate of drug-likeness (QED) is 0.844. The highest BCUT2D eigenvalue weighted by Gasteiger charge is 2.26. The summed E-state index contributed by atoms with van der Waals surface area (Å²) in [5.74, 6) is 0.730.